The Labute approximate surface area is 107 Å². The summed E-state index contributed by atoms with van der Waals surface area (Å²) in [6, 6.07) is 8.09. The van der Waals surface area contributed by atoms with E-state index >= 15 is 0 Å². The van der Waals surface area contributed by atoms with Gasteiger partial charge in [0.2, 0.25) is 0 Å². The fourth-order valence-corrected chi connectivity index (χ4v) is 2.20. The first-order chi connectivity index (χ1) is 8.72. The number of rotatable bonds is 5. The zero-order valence-electron chi connectivity index (χ0n) is 10.9. The predicted octanol–water partition coefficient (Wildman–Crippen LogP) is 1.48. The Balaban J connectivity index is 1.89. The quantitative estimate of drug-likeness (QED) is 0.741. The summed E-state index contributed by atoms with van der Waals surface area (Å²) in [4.78, 5) is 13.3. The Morgan fingerprint density at radius 3 is 2.94 bits per heavy atom. The minimum Gasteiger partial charge on any atom is -0.488 e. The van der Waals surface area contributed by atoms with Crippen molar-refractivity contribution < 1.29 is 14.3 Å². The van der Waals surface area contributed by atoms with Crippen LogP contribution in [-0.4, -0.2) is 43.7 Å². The second-order valence-corrected chi connectivity index (χ2v) is 4.46. The molecule has 0 bridgehead atoms. The summed E-state index contributed by atoms with van der Waals surface area (Å²) < 4.78 is 10.5. The summed E-state index contributed by atoms with van der Waals surface area (Å²) >= 11 is 0. The molecule has 1 heterocycles. The average molecular weight is 249 g/mol. The lowest BCUT2D eigenvalue weighted by atomic mass is 10.1. The number of carbonyl (C=O) groups excluding carboxylic acids is 1. The molecule has 1 aliphatic heterocycles. The van der Waals surface area contributed by atoms with Crippen LogP contribution in [0.25, 0.3) is 0 Å². The van der Waals surface area contributed by atoms with E-state index in [-0.39, 0.29) is 12.1 Å². The Bertz CT molecular complexity index is 394. The van der Waals surface area contributed by atoms with Crippen molar-refractivity contribution in [3.63, 3.8) is 0 Å². The third kappa shape index (κ3) is 3.01. The number of likely N-dealkylation sites (N-methyl/N-ethyl adjacent to an activating group) is 1. The van der Waals surface area contributed by atoms with Crippen molar-refractivity contribution in [3.05, 3.63) is 29.8 Å². The van der Waals surface area contributed by atoms with Crippen LogP contribution in [0.4, 0.5) is 0 Å². The van der Waals surface area contributed by atoms with Gasteiger partial charge in [-0.2, -0.15) is 0 Å². The van der Waals surface area contributed by atoms with Crippen LogP contribution >= 0.6 is 0 Å². The lowest BCUT2D eigenvalue weighted by Crippen LogP contribution is -2.38. The van der Waals surface area contributed by atoms with Gasteiger partial charge in [-0.1, -0.05) is 25.1 Å². The van der Waals surface area contributed by atoms with Crippen LogP contribution in [0.15, 0.2) is 24.3 Å². The van der Waals surface area contributed by atoms with E-state index < -0.39 is 0 Å². The van der Waals surface area contributed by atoms with Crippen molar-refractivity contribution in [2.75, 3.05) is 26.7 Å². The first kappa shape index (κ1) is 12.9. The SMILES string of the molecule is CCN(CC(=O)OC)CC1Cc2ccccc2O1. The number of esters is 1. The van der Waals surface area contributed by atoms with Gasteiger partial charge in [0.1, 0.15) is 11.9 Å². The fraction of sp³-hybridized carbons (Fsp3) is 0.500. The van der Waals surface area contributed by atoms with E-state index in [0.29, 0.717) is 6.54 Å². The summed E-state index contributed by atoms with van der Waals surface area (Å²) in [6.45, 7) is 3.92. The van der Waals surface area contributed by atoms with E-state index in [1.165, 1.54) is 12.7 Å². The van der Waals surface area contributed by atoms with E-state index in [4.69, 9.17) is 4.74 Å². The number of hydrogen-bond donors (Lipinski definition) is 0. The van der Waals surface area contributed by atoms with Crippen LogP contribution in [0.1, 0.15) is 12.5 Å². The van der Waals surface area contributed by atoms with Gasteiger partial charge in [0.05, 0.1) is 13.7 Å². The molecule has 0 N–H and O–H groups in total. The molecule has 0 saturated heterocycles. The highest BCUT2D eigenvalue weighted by molar-refractivity contribution is 5.71. The topological polar surface area (TPSA) is 38.8 Å². The minimum atomic E-state index is -0.202. The third-order valence-electron chi connectivity index (χ3n) is 3.20. The van der Waals surface area contributed by atoms with Crippen molar-refractivity contribution >= 4 is 5.97 Å². The van der Waals surface area contributed by atoms with E-state index in [1.807, 2.05) is 30.0 Å². The van der Waals surface area contributed by atoms with Gasteiger partial charge in [-0.15, -0.1) is 0 Å². The van der Waals surface area contributed by atoms with Gasteiger partial charge in [0, 0.05) is 13.0 Å². The van der Waals surface area contributed by atoms with Gasteiger partial charge >= 0.3 is 5.97 Å². The Hall–Kier alpha value is -1.55. The molecule has 0 amide bonds. The van der Waals surface area contributed by atoms with Crippen LogP contribution in [0, 0.1) is 0 Å². The highest BCUT2D eigenvalue weighted by Gasteiger charge is 2.24. The molecule has 1 atom stereocenters. The summed E-state index contributed by atoms with van der Waals surface area (Å²) in [5.74, 6) is 0.768. The zero-order valence-corrected chi connectivity index (χ0v) is 10.9. The normalized spacial score (nSPS) is 17.4. The van der Waals surface area contributed by atoms with E-state index in [9.17, 15) is 4.79 Å². The van der Waals surface area contributed by atoms with Crippen molar-refractivity contribution in [2.45, 2.75) is 19.4 Å². The number of methoxy groups -OCH3 is 1. The summed E-state index contributed by atoms with van der Waals surface area (Å²) in [6.07, 6.45) is 1.04. The third-order valence-corrected chi connectivity index (χ3v) is 3.20. The first-order valence-electron chi connectivity index (χ1n) is 6.26. The second kappa shape index (κ2) is 5.87. The molecule has 2 rings (SSSR count). The highest BCUT2D eigenvalue weighted by Crippen LogP contribution is 2.28. The lowest BCUT2D eigenvalue weighted by Gasteiger charge is -2.22. The summed E-state index contributed by atoms with van der Waals surface area (Å²) in [5, 5.41) is 0. The number of fused-ring (bicyclic) bond motifs is 1. The molecule has 1 aromatic rings. The predicted molar refractivity (Wildman–Crippen MR) is 68.7 cm³/mol. The monoisotopic (exact) mass is 249 g/mol. The lowest BCUT2D eigenvalue weighted by molar-refractivity contribution is -0.142. The van der Waals surface area contributed by atoms with Crippen LogP contribution in [0.3, 0.4) is 0 Å². The van der Waals surface area contributed by atoms with E-state index in [1.54, 1.807) is 0 Å². The molecule has 4 heteroatoms. The van der Waals surface area contributed by atoms with Crippen LogP contribution in [-0.2, 0) is 16.0 Å². The van der Waals surface area contributed by atoms with E-state index in [0.717, 1.165) is 25.3 Å². The van der Waals surface area contributed by atoms with Crippen molar-refractivity contribution in [1.29, 1.82) is 0 Å². The largest absolute Gasteiger partial charge is 0.488 e. The molecule has 1 aromatic carbocycles. The first-order valence-corrected chi connectivity index (χ1v) is 6.26. The van der Waals surface area contributed by atoms with Gasteiger partial charge in [0.15, 0.2) is 0 Å². The molecular weight excluding hydrogens is 230 g/mol. The zero-order chi connectivity index (χ0) is 13.0. The number of benzene rings is 1. The van der Waals surface area contributed by atoms with Crippen LogP contribution in [0.5, 0.6) is 5.75 Å². The van der Waals surface area contributed by atoms with Gasteiger partial charge in [0.25, 0.3) is 0 Å². The molecule has 4 nitrogen and oxygen atoms in total. The number of ether oxygens (including phenoxy) is 2. The molecule has 0 aromatic heterocycles. The molecule has 1 aliphatic rings. The number of hydrogen-bond acceptors (Lipinski definition) is 4. The standard InChI is InChI=1S/C14H19NO3/c1-3-15(10-14(16)17-2)9-12-8-11-6-4-5-7-13(11)18-12/h4-7,12H,3,8-10H2,1-2H3. The summed E-state index contributed by atoms with van der Waals surface area (Å²) in [5.41, 5.74) is 1.25. The van der Waals surface area contributed by atoms with Gasteiger partial charge < -0.3 is 9.47 Å². The maximum atomic E-state index is 11.3. The number of para-hydroxylation sites is 1. The minimum absolute atomic E-state index is 0.131. The van der Waals surface area contributed by atoms with Crippen molar-refractivity contribution in [1.82, 2.24) is 4.90 Å². The Morgan fingerprint density at radius 2 is 2.28 bits per heavy atom. The molecule has 0 saturated carbocycles. The molecule has 0 fully saturated rings. The average Bonchev–Trinajstić information content (AvgIpc) is 2.79. The van der Waals surface area contributed by atoms with E-state index in [2.05, 4.69) is 10.8 Å². The number of carbonyl (C=O) groups is 1. The summed E-state index contributed by atoms with van der Waals surface area (Å²) in [7, 11) is 1.41. The smallest absolute Gasteiger partial charge is 0.319 e. The number of nitrogens with zero attached hydrogens (tertiary/aromatic N) is 1. The molecule has 1 unspecified atom stereocenters. The second-order valence-electron chi connectivity index (χ2n) is 4.46. The maximum Gasteiger partial charge on any atom is 0.319 e. The molecule has 18 heavy (non-hydrogen) atoms. The Kier molecular flexibility index (Phi) is 4.20. The molecular formula is C14H19NO3. The highest BCUT2D eigenvalue weighted by atomic mass is 16.5. The van der Waals surface area contributed by atoms with Crippen molar-refractivity contribution in [2.24, 2.45) is 0 Å². The Morgan fingerprint density at radius 1 is 1.50 bits per heavy atom. The van der Waals surface area contributed by atoms with Gasteiger partial charge in [-0.05, 0) is 18.2 Å². The van der Waals surface area contributed by atoms with Gasteiger partial charge in [-0.3, -0.25) is 9.69 Å². The molecule has 0 radical (unpaired) electrons. The molecule has 98 valence electrons. The molecule has 0 spiro atoms. The van der Waals surface area contributed by atoms with Crippen molar-refractivity contribution in [3.8, 4) is 5.75 Å². The fourth-order valence-electron chi connectivity index (χ4n) is 2.20. The molecule has 0 aliphatic carbocycles. The van der Waals surface area contributed by atoms with Gasteiger partial charge in [-0.25, -0.2) is 0 Å². The van der Waals surface area contributed by atoms with Crippen LogP contribution < -0.4 is 4.74 Å². The maximum absolute atomic E-state index is 11.3. The van der Waals surface area contributed by atoms with Crippen LogP contribution in [0.2, 0.25) is 0 Å².